The van der Waals surface area contributed by atoms with Gasteiger partial charge in [0, 0.05) is 25.5 Å². The lowest BCUT2D eigenvalue weighted by atomic mass is 10.2. The van der Waals surface area contributed by atoms with E-state index in [0.29, 0.717) is 18.5 Å². The Morgan fingerprint density at radius 3 is 2.82 bits per heavy atom. The van der Waals surface area contributed by atoms with Crippen molar-refractivity contribution in [1.82, 2.24) is 9.55 Å². The Bertz CT molecular complexity index is 652. The molecule has 1 fully saturated rings. The zero-order valence-corrected chi connectivity index (χ0v) is 12.8. The van der Waals surface area contributed by atoms with Crippen LogP contribution in [0, 0.1) is 0 Å². The van der Waals surface area contributed by atoms with Crippen molar-refractivity contribution in [3.05, 3.63) is 41.9 Å². The number of amides is 1. The summed E-state index contributed by atoms with van der Waals surface area (Å²) in [4.78, 5) is 18.3. The maximum Gasteiger partial charge on any atom is 0.244 e. The lowest BCUT2D eigenvalue weighted by Gasteiger charge is -2.30. The summed E-state index contributed by atoms with van der Waals surface area (Å²) in [6, 6.07) is 7.78. The topological polar surface area (TPSA) is 59.4 Å². The normalized spacial score (nSPS) is 14.9. The standard InChI is InChI=1S/C15H17ClN4O2/c16-15-17-5-6-20(15)11-14(21)18-12-3-1-2-4-13(12)19-7-9-22-10-8-19/h1-6H,7-11H2,(H,18,21). The summed E-state index contributed by atoms with van der Waals surface area (Å²) in [6.45, 7) is 3.18. The van der Waals surface area contributed by atoms with E-state index in [9.17, 15) is 4.79 Å². The van der Waals surface area contributed by atoms with Gasteiger partial charge in [-0.05, 0) is 23.7 Å². The summed E-state index contributed by atoms with van der Waals surface area (Å²) < 4.78 is 6.96. The van der Waals surface area contributed by atoms with Crippen LogP contribution in [0.4, 0.5) is 11.4 Å². The van der Waals surface area contributed by atoms with Crippen molar-refractivity contribution >= 4 is 28.9 Å². The predicted molar refractivity (Wildman–Crippen MR) is 85.3 cm³/mol. The maximum atomic E-state index is 12.2. The van der Waals surface area contributed by atoms with E-state index in [1.54, 1.807) is 17.0 Å². The van der Waals surface area contributed by atoms with Gasteiger partial charge in [0.15, 0.2) is 0 Å². The van der Waals surface area contributed by atoms with Gasteiger partial charge in [-0.1, -0.05) is 12.1 Å². The number of anilines is 2. The van der Waals surface area contributed by atoms with E-state index in [-0.39, 0.29) is 12.5 Å². The number of nitrogens with one attached hydrogen (secondary N) is 1. The summed E-state index contributed by atoms with van der Waals surface area (Å²) in [6.07, 6.45) is 3.24. The fraction of sp³-hybridized carbons (Fsp3) is 0.333. The van der Waals surface area contributed by atoms with Crippen LogP contribution >= 0.6 is 11.6 Å². The SMILES string of the molecule is O=C(Cn1ccnc1Cl)Nc1ccccc1N1CCOCC1. The van der Waals surface area contributed by atoms with Gasteiger partial charge in [-0.3, -0.25) is 4.79 Å². The molecule has 6 nitrogen and oxygen atoms in total. The molecule has 0 radical (unpaired) electrons. The molecule has 116 valence electrons. The number of carbonyl (C=O) groups is 1. The summed E-state index contributed by atoms with van der Waals surface area (Å²) in [7, 11) is 0. The predicted octanol–water partition coefficient (Wildman–Crippen LogP) is 2.01. The number of ether oxygens (including phenoxy) is 1. The van der Waals surface area contributed by atoms with Gasteiger partial charge >= 0.3 is 0 Å². The molecular formula is C15H17ClN4O2. The second-order valence-corrected chi connectivity index (χ2v) is 5.33. The Morgan fingerprint density at radius 1 is 1.32 bits per heavy atom. The van der Waals surface area contributed by atoms with Gasteiger partial charge in [-0.25, -0.2) is 4.98 Å². The van der Waals surface area contributed by atoms with E-state index < -0.39 is 0 Å². The van der Waals surface area contributed by atoms with Crippen LogP contribution in [0.25, 0.3) is 0 Å². The van der Waals surface area contributed by atoms with E-state index in [4.69, 9.17) is 16.3 Å². The average Bonchev–Trinajstić information content (AvgIpc) is 2.94. The van der Waals surface area contributed by atoms with Crippen LogP contribution in [0.5, 0.6) is 0 Å². The van der Waals surface area contributed by atoms with Crippen LogP contribution in [0.2, 0.25) is 5.28 Å². The number of halogens is 1. The number of carbonyl (C=O) groups excluding carboxylic acids is 1. The highest BCUT2D eigenvalue weighted by atomic mass is 35.5. The molecule has 2 aromatic rings. The Hall–Kier alpha value is -2.05. The van der Waals surface area contributed by atoms with E-state index in [0.717, 1.165) is 24.5 Å². The van der Waals surface area contributed by atoms with Gasteiger partial charge < -0.3 is 19.5 Å². The first-order valence-corrected chi connectivity index (χ1v) is 7.50. The molecule has 1 aromatic heterocycles. The van der Waals surface area contributed by atoms with Crippen molar-refractivity contribution in [3.63, 3.8) is 0 Å². The number of nitrogens with zero attached hydrogens (tertiary/aromatic N) is 3. The molecule has 1 N–H and O–H groups in total. The van der Waals surface area contributed by atoms with Crippen LogP contribution in [0.15, 0.2) is 36.7 Å². The van der Waals surface area contributed by atoms with E-state index in [1.807, 2.05) is 24.3 Å². The number of para-hydroxylation sites is 2. The molecule has 2 heterocycles. The average molecular weight is 321 g/mol. The minimum absolute atomic E-state index is 0.135. The molecule has 3 rings (SSSR count). The monoisotopic (exact) mass is 320 g/mol. The number of morpholine rings is 1. The van der Waals surface area contributed by atoms with Gasteiger partial charge in [0.1, 0.15) is 6.54 Å². The molecule has 7 heteroatoms. The molecule has 0 spiro atoms. The fourth-order valence-corrected chi connectivity index (χ4v) is 2.61. The fourth-order valence-electron chi connectivity index (χ4n) is 2.43. The van der Waals surface area contributed by atoms with Crippen molar-refractivity contribution in [3.8, 4) is 0 Å². The number of hydrogen-bond acceptors (Lipinski definition) is 4. The minimum Gasteiger partial charge on any atom is -0.378 e. The third kappa shape index (κ3) is 3.40. The Balaban J connectivity index is 1.71. The quantitative estimate of drug-likeness (QED) is 0.936. The highest BCUT2D eigenvalue weighted by Crippen LogP contribution is 2.26. The molecule has 1 aliphatic heterocycles. The first kappa shape index (κ1) is 14.9. The van der Waals surface area contributed by atoms with Crippen LogP contribution in [-0.4, -0.2) is 41.8 Å². The lowest BCUT2D eigenvalue weighted by Crippen LogP contribution is -2.36. The molecule has 1 aromatic carbocycles. The second kappa shape index (κ2) is 6.81. The van der Waals surface area contributed by atoms with E-state index in [2.05, 4.69) is 15.2 Å². The molecule has 1 saturated heterocycles. The first-order chi connectivity index (χ1) is 10.7. The van der Waals surface area contributed by atoms with Crippen molar-refractivity contribution < 1.29 is 9.53 Å². The number of aromatic nitrogens is 2. The number of rotatable bonds is 4. The van der Waals surface area contributed by atoms with Crippen LogP contribution < -0.4 is 10.2 Å². The molecule has 1 aliphatic rings. The first-order valence-electron chi connectivity index (χ1n) is 7.12. The smallest absolute Gasteiger partial charge is 0.244 e. The van der Waals surface area contributed by atoms with Crippen molar-refractivity contribution in [1.29, 1.82) is 0 Å². The third-order valence-corrected chi connectivity index (χ3v) is 3.82. The van der Waals surface area contributed by atoms with Gasteiger partial charge in [0.2, 0.25) is 11.2 Å². The Kier molecular flexibility index (Phi) is 4.60. The second-order valence-electron chi connectivity index (χ2n) is 4.99. The molecule has 1 amide bonds. The molecule has 0 saturated carbocycles. The highest BCUT2D eigenvalue weighted by Gasteiger charge is 2.16. The Labute approximate surface area is 133 Å². The summed E-state index contributed by atoms with van der Waals surface area (Å²) in [5, 5.41) is 3.25. The molecule has 0 atom stereocenters. The highest BCUT2D eigenvalue weighted by molar-refractivity contribution is 6.28. The summed E-state index contributed by atoms with van der Waals surface area (Å²) in [5.74, 6) is -0.138. The van der Waals surface area contributed by atoms with Crippen LogP contribution in [-0.2, 0) is 16.1 Å². The van der Waals surface area contributed by atoms with Gasteiger partial charge in [0.25, 0.3) is 0 Å². The largest absolute Gasteiger partial charge is 0.378 e. The molecule has 22 heavy (non-hydrogen) atoms. The number of benzene rings is 1. The zero-order chi connectivity index (χ0) is 15.4. The van der Waals surface area contributed by atoms with Gasteiger partial charge in [-0.15, -0.1) is 0 Å². The minimum atomic E-state index is -0.138. The van der Waals surface area contributed by atoms with Crippen molar-refractivity contribution in [2.75, 3.05) is 36.5 Å². The number of hydrogen-bond donors (Lipinski definition) is 1. The van der Waals surface area contributed by atoms with Gasteiger partial charge in [0.05, 0.1) is 24.6 Å². The zero-order valence-electron chi connectivity index (χ0n) is 12.0. The maximum absolute atomic E-state index is 12.2. The lowest BCUT2D eigenvalue weighted by molar-refractivity contribution is -0.116. The van der Waals surface area contributed by atoms with Gasteiger partial charge in [-0.2, -0.15) is 0 Å². The molecule has 0 bridgehead atoms. The third-order valence-electron chi connectivity index (χ3n) is 3.51. The Morgan fingerprint density at radius 2 is 2.09 bits per heavy atom. The van der Waals surface area contributed by atoms with Crippen molar-refractivity contribution in [2.24, 2.45) is 0 Å². The molecular weight excluding hydrogens is 304 g/mol. The molecule has 0 aliphatic carbocycles. The van der Waals surface area contributed by atoms with E-state index >= 15 is 0 Å². The number of imidazole rings is 1. The summed E-state index contributed by atoms with van der Waals surface area (Å²) >= 11 is 5.89. The summed E-state index contributed by atoms with van der Waals surface area (Å²) in [5.41, 5.74) is 1.81. The molecule has 0 unspecified atom stereocenters. The van der Waals surface area contributed by atoms with E-state index in [1.165, 1.54) is 0 Å². The van der Waals surface area contributed by atoms with Crippen molar-refractivity contribution in [2.45, 2.75) is 6.54 Å². The van der Waals surface area contributed by atoms with Crippen LogP contribution in [0.3, 0.4) is 0 Å². The van der Waals surface area contributed by atoms with Crippen LogP contribution in [0.1, 0.15) is 0 Å².